The van der Waals surface area contributed by atoms with E-state index < -0.39 is 0 Å². The first-order valence-electron chi connectivity index (χ1n) is 7.13. The Morgan fingerprint density at radius 2 is 2.20 bits per heavy atom. The molecular formula is C15H24N4O. The second-order valence-corrected chi connectivity index (χ2v) is 5.58. The van der Waals surface area contributed by atoms with Gasteiger partial charge in [-0.1, -0.05) is 6.07 Å². The van der Waals surface area contributed by atoms with E-state index in [1.165, 1.54) is 0 Å². The molecule has 5 nitrogen and oxygen atoms in total. The monoisotopic (exact) mass is 276 g/mol. The number of aryl methyl sites for hydroxylation is 1. The molecule has 1 unspecified atom stereocenters. The molecule has 1 atom stereocenters. The van der Waals surface area contributed by atoms with Crippen molar-refractivity contribution < 1.29 is 4.79 Å². The van der Waals surface area contributed by atoms with Gasteiger partial charge in [-0.3, -0.25) is 14.7 Å². The van der Waals surface area contributed by atoms with Gasteiger partial charge in [-0.15, -0.1) is 0 Å². The fourth-order valence-corrected chi connectivity index (χ4v) is 2.67. The van der Waals surface area contributed by atoms with E-state index in [0.29, 0.717) is 0 Å². The molecule has 1 aliphatic heterocycles. The zero-order valence-corrected chi connectivity index (χ0v) is 12.6. The predicted octanol–water partition coefficient (Wildman–Crippen LogP) is 0.500. The normalized spacial score (nSPS) is 21.4. The van der Waals surface area contributed by atoms with Gasteiger partial charge in [-0.2, -0.15) is 0 Å². The zero-order chi connectivity index (χ0) is 14.5. The Kier molecular flexibility index (Phi) is 5.09. The van der Waals surface area contributed by atoms with Crippen LogP contribution in [0, 0.1) is 12.8 Å². The summed E-state index contributed by atoms with van der Waals surface area (Å²) in [4.78, 5) is 21.0. The van der Waals surface area contributed by atoms with Gasteiger partial charge in [-0.25, -0.2) is 0 Å². The molecule has 0 radical (unpaired) electrons. The number of nitrogens with zero attached hydrogens (tertiary/aromatic N) is 3. The molecule has 1 aromatic rings. The molecule has 0 saturated carbocycles. The predicted molar refractivity (Wildman–Crippen MR) is 79.3 cm³/mol. The summed E-state index contributed by atoms with van der Waals surface area (Å²) in [6, 6.07) is 6.10. The molecule has 1 N–H and O–H groups in total. The molecule has 0 bridgehead atoms. The maximum absolute atomic E-state index is 11.9. The Morgan fingerprint density at radius 3 is 2.90 bits per heavy atom. The van der Waals surface area contributed by atoms with Gasteiger partial charge in [0.1, 0.15) is 0 Å². The van der Waals surface area contributed by atoms with Crippen LogP contribution in [0.15, 0.2) is 18.2 Å². The average Bonchev–Trinajstić information content (AvgIpc) is 2.60. The van der Waals surface area contributed by atoms with Gasteiger partial charge >= 0.3 is 0 Å². The van der Waals surface area contributed by atoms with Crippen molar-refractivity contribution in [2.45, 2.75) is 13.5 Å². The van der Waals surface area contributed by atoms with Crippen LogP contribution in [0.4, 0.5) is 0 Å². The van der Waals surface area contributed by atoms with Gasteiger partial charge in [0.15, 0.2) is 0 Å². The number of amides is 1. The van der Waals surface area contributed by atoms with Gasteiger partial charge in [0.25, 0.3) is 0 Å². The van der Waals surface area contributed by atoms with Gasteiger partial charge < -0.3 is 10.2 Å². The first-order chi connectivity index (χ1) is 9.58. The molecule has 0 aromatic carbocycles. The highest BCUT2D eigenvalue weighted by Gasteiger charge is 2.25. The summed E-state index contributed by atoms with van der Waals surface area (Å²) in [5.74, 6) is 0.151. The molecule has 5 heteroatoms. The van der Waals surface area contributed by atoms with Gasteiger partial charge in [0.05, 0.1) is 11.6 Å². The number of hydrogen-bond acceptors (Lipinski definition) is 4. The van der Waals surface area contributed by atoms with E-state index in [1.807, 2.05) is 19.1 Å². The van der Waals surface area contributed by atoms with Crippen LogP contribution in [-0.2, 0) is 11.3 Å². The van der Waals surface area contributed by atoms with Crippen LogP contribution in [0.2, 0.25) is 0 Å². The molecule has 2 heterocycles. The maximum Gasteiger partial charge on any atom is 0.225 e. The third-order valence-corrected chi connectivity index (χ3v) is 3.76. The number of carbonyl (C=O) groups excluding carboxylic acids is 1. The minimum absolute atomic E-state index is 0.0253. The highest BCUT2D eigenvalue weighted by Crippen LogP contribution is 2.12. The van der Waals surface area contributed by atoms with Crippen LogP contribution in [0.25, 0.3) is 0 Å². The Morgan fingerprint density at radius 1 is 1.40 bits per heavy atom. The second kappa shape index (κ2) is 6.81. The molecule has 20 heavy (non-hydrogen) atoms. The van der Waals surface area contributed by atoms with Gasteiger partial charge in [0, 0.05) is 45.5 Å². The van der Waals surface area contributed by atoms with Crippen molar-refractivity contribution in [3.8, 4) is 0 Å². The van der Waals surface area contributed by atoms with Crippen LogP contribution in [0.1, 0.15) is 11.4 Å². The van der Waals surface area contributed by atoms with E-state index in [0.717, 1.165) is 44.1 Å². The van der Waals surface area contributed by atoms with Crippen LogP contribution < -0.4 is 5.32 Å². The molecule has 1 aromatic heterocycles. The van der Waals surface area contributed by atoms with E-state index >= 15 is 0 Å². The number of aromatic nitrogens is 1. The third kappa shape index (κ3) is 4.02. The first kappa shape index (κ1) is 14.9. The van der Waals surface area contributed by atoms with Crippen LogP contribution in [-0.4, -0.2) is 61.0 Å². The lowest BCUT2D eigenvalue weighted by Crippen LogP contribution is -2.39. The number of carbonyl (C=O) groups is 1. The minimum atomic E-state index is 0.0253. The SMILES string of the molecule is CNC(=O)C1CN(C)CCN(Cc2cccc(C)n2)C1. The lowest BCUT2D eigenvalue weighted by molar-refractivity contribution is -0.125. The number of rotatable bonds is 3. The Balaban J connectivity index is 2.04. The molecule has 1 saturated heterocycles. The highest BCUT2D eigenvalue weighted by molar-refractivity contribution is 5.78. The van der Waals surface area contributed by atoms with E-state index in [2.05, 4.69) is 33.2 Å². The lowest BCUT2D eigenvalue weighted by Gasteiger charge is -2.22. The summed E-state index contributed by atoms with van der Waals surface area (Å²) in [5, 5.41) is 2.77. The van der Waals surface area contributed by atoms with Crippen molar-refractivity contribution >= 4 is 5.91 Å². The van der Waals surface area contributed by atoms with E-state index in [9.17, 15) is 4.79 Å². The van der Waals surface area contributed by atoms with Crippen molar-refractivity contribution in [1.82, 2.24) is 20.1 Å². The molecular weight excluding hydrogens is 252 g/mol. The second-order valence-electron chi connectivity index (χ2n) is 5.58. The molecule has 1 aliphatic rings. The molecule has 1 fully saturated rings. The summed E-state index contributed by atoms with van der Waals surface area (Å²) in [6.07, 6.45) is 0. The number of likely N-dealkylation sites (N-methyl/N-ethyl adjacent to an activating group) is 1. The number of hydrogen-bond donors (Lipinski definition) is 1. The van der Waals surface area contributed by atoms with Crippen molar-refractivity contribution in [2.75, 3.05) is 40.3 Å². The minimum Gasteiger partial charge on any atom is -0.359 e. The number of pyridine rings is 1. The van der Waals surface area contributed by atoms with Gasteiger partial charge in [-0.05, 0) is 26.1 Å². The highest BCUT2D eigenvalue weighted by atomic mass is 16.1. The van der Waals surface area contributed by atoms with Crippen LogP contribution >= 0.6 is 0 Å². The van der Waals surface area contributed by atoms with E-state index in [4.69, 9.17) is 0 Å². The average molecular weight is 276 g/mol. The van der Waals surface area contributed by atoms with Crippen molar-refractivity contribution in [3.05, 3.63) is 29.6 Å². The summed E-state index contributed by atoms with van der Waals surface area (Å²) in [6.45, 7) is 6.38. The summed E-state index contributed by atoms with van der Waals surface area (Å²) >= 11 is 0. The summed E-state index contributed by atoms with van der Waals surface area (Å²) in [5.41, 5.74) is 2.11. The van der Waals surface area contributed by atoms with Crippen molar-refractivity contribution in [2.24, 2.45) is 5.92 Å². The standard InChI is InChI=1S/C15H24N4O/c1-12-5-4-6-14(17-12)11-19-8-7-18(3)9-13(10-19)15(20)16-2/h4-6,13H,7-11H2,1-3H3,(H,16,20). The van der Waals surface area contributed by atoms with Crippen LogP contribution in [0.5, 0.6) is 0 Å². The Labute approximate surface area is 121 Å². The Hall–Kier alpha value is -1.46. The topological polar surface area (TPSA) is 48.5 Å². The molecule has 0 spiro atoms. The summed E-state index contributed by atoms with van der Waals surface area (Å²) < 4.78 is 0. The van der Waals surface area contributed by atoms with E-state index in [-0.39, 0.29) is 11.8 Å². The fraction of sp³-hybridized carbons (Fsp3) is 0.600. The zero-order valence-electron chi connectivity index (χ0n) is 12.6. The molecule has 0 aliphatic carbocycles. The third-order valence-electron chi connectivity index (χ3n) is 3.76. The van der Waals surface area contributed by atoms with E-state index in [1.54, 1.807) is 7.05 Å². The smallest absolute Gasteiger partial charge is 0.225 e. The summed E-state index contributed by atoms with van der Waals surface area (Å²) in [7, 11) is 3.78. The van der Waals surface area contributed by atoms with Crippen molar-refractivity contribution in [1.29, 1.82) is 0 Å². The first-order valence-corrected chi connectivity index (χ1v) is 7.13. The lowest BCUT2D eigenvalue weighted by atomic mass is 10.1. The molecule has 1 amide bonds. The fourth-order valence-electron chi connectivity index (χ4n) is 2.67. The number of nitrogens with one attached hydrogen (secondary N) is 1. The largest absolute Gasteiger partial charge is 0.359 e. The van der Waals surface area contributed by atoms with Gasteiger partial charge in [0.2, 0.25) is 5.91 Å². The Bertz CT molecular complexity index is 463. The van der Waals surface area contributed by atoms with Crippen molar-refractivity contribution in [3.63, 3.8) is 0 Å². The maximum atomic E-state index is 11.9. The van der Waals surface area contributed by atoms with Crippen LogP contribution in [0.3, 0.4) is 0 Å². The molecule has 110 valence electrons. The quantitative estimate of drug-likeness (QED) is 0.873. The molecule has 2 rings (SSSR count).